The molecule has 94 valence electrons. The summed E-state index contributed by atoms with van der Waals surface area (Å²) in [4.78, 5) is 0. The van der Waals surface area contributed by atoms with Gasteiger partial charge < -0.3 is 5.73 Å². The summed E-state index contributed by atoms with van der Waals surface area (Å²) in [7, 11) is 0. The lowest BCUT2D eigenvalue weighted by Gasteiger charge is -2.08. The monoisotopic (exact) mass is 242 g/mol. The van der Waals surface area contributed by atoms with Gasteiger partial charge in [0.05, 0.1) is 23.1 Å². The van der Waals surface area contributed by atoms with Gasteiger partial charge in [-0.25, -0.2) is 4.68 Å². The minimum atomic E-state index is 0.0533. The summed E-state index contributed by atoms with van der Waals surface area (Å²) in [6.07, 6.45) is 1.63. The quantitative estimate of drug-likeness (QED) is 0.641. The lowest BCUT2D eigenvalue weighted by Crippen LogP contribution is -2.12. The van der Waals surface area contributed by atoms with Crippen molar-refractivity contribution in [3.8, 4) is 5.69 Å². The van der Waals surface area contributed by atoms with Crippen molar-refractivity contribution in [3.05, 3.63) is 47.3 Å². The highest BCUT2D eigenvalue weighted by molar-refractivity contribution is 5.95. The second-order valence-corrected chi connectivity index (χ2v) is 4.72. The van der Waals surface area contributed by atoms with Crippen molar-refractivity contribution < 1.29 is 0 Å². The van der Waals surface area contributed by atoms with Crippen molar-refractivity contribution in [1.29, 1.82) is 5.41 Å². The Morgan fingerprint density at radius 2 is 1.89 bits per heavy atom. The molecular weight excluding hydrogens is 224 g/mol. The van der Waals surface area contributed by atoms with Gasteiger partial charge in [0.15, 0.2) is 0 Å². The number of hydrogen-bond donors (Lipinski definition) is 2. The number of nitrogens with two attached hydrogens (primary N) is 1. The van der Waals surface area contributed by atoms with E-state index >= 15 is 0 Å². The van der Waals surface area contributed by atoms with Crippen LogP contribution in [-0.4, -0.2) is 15.6 Å². The van der Waals surface area contributed by atoms with Crippen molar-refractivity contribution in [2.24, 2.45) is 5.73 Å². The summed E-state index contributed by atoms with van der Waals surface area (Å²) in [5.74, 6) is 0.572. The van der Waals surface area contributed by atoms with E-state index in [1.807, 2.05) is 19.1 Å². The maximum absolute atomic E-state index is 7.47. The standard InChI is InChI=1S/C14H18N4/c1-9(2)11-4-6-12(7-5-11)18-10(3)13(8-17-18)14(15)16/h4-9H,1-3H3,(H3,15,16). The molecule has 2 aromatic rings. The van der Waals surface area contributed by atoms with Gasteiger partial charge in [0.2, 0.25) is 0 Å². The van der Waals surface area contributed by atoms with Crippen LogP contribution in [0.1, 0.15) is 36.6 Å². The molecule has 3 N–H and O–H groups in total. The number of nitrogens with zero attached hydrogens (tertiary/aromatic N) is 2. The van der Waals surface area contributed by atoms with Crippen LogP contribution in [0.2, 0.25) is 0 Å². The van der Waals surface area contributed by atoms with Crippen LogP contribution in [-0.2, 0) is 0 Å². The second-order valence-electron chi connectivity index (χ2n) is 4.72. The molecule has 4 nitrogen and oxygen atoms in total. The van der Waals surface area contributed by atoms with Crippen LogP contribution in [0.3, 0.4) is 0 Å². The molecule has 0 radical (unpaired) electrons. The van der Waals surface area contributed by atoms with Crippen LogP contribution in [0.5, 0.6) is 0 Å². The molecule has 0 bridgehead atoms. The molecule has 1 aromatic heterocycles. The van der Waals surface area contributed by atoms with Gasteiger partial charge in [0.1, 0.15) is 5.84 Å². The van der Waals surface area contributed by atoms with Gasteiger partial charge >= 0.3 is 0 Å². The van der Waals surface area contributed by atoms with E-state index in [9.17, 15) is 0 Å². The second kappa shape index (κ2) is 4.64. The number of benzene rings is 1. The lowest BCUT2D eigenvalue weighted by atomic mass is 10.0. The van der Waals surface area contributed by atoms with Crippen LogP contribution in [0.25, 0.3) is 5.69 Å². The lowest BCUT2D eigenvalue weighted by molar-refractivity contribution is 0.836. The van der Waals surface area contributed by atoms with E-state index in [-0.39, 0.29) is 5.84 Å². The summed E-state index contributed by atoms with van der Waals surface area (Å²) in [5.41, 5.74) is 9.36. The Kier molecular flexibility index (Phi) is 3.19. The zero-order valence-corrected chi connectivity index (χ0v) is 10.9. The Balaban J connectivity index is 2.40. The van der Waals surface area contributed by atoms with E-state index in [1.54, 1.807) is 10.9 Å². The highest BCUT2D eigenvalue weighted by Gasteiger charge is 2.10. The molecule has 0 saturated carbocycles. The third-order valence-electron chi connectivity index (χ3n) is 3.10. The van der Waals surface area contributed by atoms with Crippen molar-refractivity contribution in [2.45, 2.75) is 26.7 Å². The number of amidine groups is 1. The fourth-order valence-electron chi connectivity index (χ4n) is 1.93. The highest BCUT2D eigenvalue weighted by Crippen LogP contribution is 2.18. The normalized spacial score (nSPS) is 10.9. The van der Waals surface area contributed by atoms with Crippen LogP contribution in [0, 0.1) is 12.3 Å². The van der Waals surface area contributed by atoms with Crippen molar-refractivity contribution in [2.75, 3.05) is 0 Å². The van der Waals surface area contributed by atoms with E-state index < -0.39 is 0 Å². The summed E-state index contributed by atoms with van der Waals surface area (Å²) < 4.78 is 1.81. The first-order valence-electron chi connectivity index (χ1n) is 6.00. The minimum absolute atomic E-state index is 0.0533. The molecule has 1 aromatic carbocycles. The number of hydrogen-bond acceptors (Lipinski definition) is 2. The molecule has 0 aliphatic rings. The first-order valence-corrected chi connectivity index (χ1v) is 6.00. The van der Waals surface area contributed by atoms with Crippen molar-refractivity contribution in [1.82, 2.24) is 9.78 Å². The fourth-order valence-corrected chi connectivity index (χ4v) is 1.93. The van der Waals surface area contributed by atoms with Crippen molar-refractivity contribution in [3.63, 3.8) is 0 Å². The minimum Gasteiger partial charge on any atom is -0.384 e. The number of nitrogens with one attached hydrogen (secondary N) is 1. The smallest absolute Gasteiger partial charge is 0.126 e. The molecule has 0 unspecified atom stereocenters. The van der Waals surface area contributed by atoms with E-state index in [4.69, 9.17) is 11.1 Å². The van der Waals surface area contributed by atoms with E-state index in [1.165, 1.54) is 5.56 Å². The average Bonchev–Trinajstić information content (AvgIpc) is 2.71. The topological polar surface area (TPSA) is 67.7 Å². The number of nitrogen functional groups attached to an aromatic ring is 1. The average molecular weight is 242 g/mol. The zero-order chi connectivity index (χ0) is 13.3. The third-order valence-corrected chi connectivity index (χ3v) is 3.10. The molecule has 0 fully saturated rings. The summed E-state index contributed by atoms with van der Waals surface area (Å²) in [6, 6.07) is 8.29. The molecule has 2 rings (SSSR count). The van der Waals surface area contributed by atoms with Gasteiger partial charge in [-0.1, -0.05) is 26.0 Å². The fraction of sp³-hybridized carbons (Fsp3) is 0.286. The Morgan fingerprint density at radius 3 is 2.33 bits per heavy atom. The zero-order valence-electron chi connectivity index (χ0n) is 10.9. The summed E-state index contributed by atoms with van der Waals surface area (Å²) in [6.45, 7) is 6.25. The van der Waals surface area contributed by atoms with Gasteiger partial charge in [-0.2, -0.15) is 5.10 Å². The van der Waals surface area contributed by atoms with E-state index in [0.29, 0.717) is 11.5 Å². The molecule has 0 atom stereocenters. The predicted octanol–water partition coefficient (Wildman–Crippen LogP) is 2.59. The van der Waals surface area contributed by atoms with Crippen molar-refractivity contribution >= 4 is 5.84 Å². The first kappa shape index (κ1) is 12.4. The van der Waals surface area contributed by atoms with Gasteiger partial charge in [0, 0.05) is 0 Å². The van der Waals surface area contributed by atoms with Crippen LogP contribution in [0.4, 0.5) is 0 Å². The summed E-state index contributed by atoms with van der Waals surface area (Å²) in [5, 5.41) is 11.7. The highest BCUT2D eigenvalue weighted by atomic mass is 15.3. The largest absolute Gasteiger partial charge is 0.384 e. The van der Waals surface area contributed by atoms with Crippen LogP contribution < -0.4 is 5.73 Å². The van der Waals surface area contributed by atoms with E-state index in [0.717, 1.165) is 11.4 Å². The molecule has 0 saturated heterocycles. The van der Waals surface area contributed by atoms with Gasteiger partial charge in [-0.3, -0.25) is 5.41 Å². The summed E-state index contributed by atoms with van der Waals surface area (Å²) >= 11 is 0. The molecule has 0 aliphatic heterocycles. The Morgan fingerprint density at radius 1 is 1.28 bits per heavy atom. The number of rotatable bonds is 3. The maximum Gasteiger partial charge on any atom is 0.126 e. The molecule has 4 heteroatoms. The first-order chi connectivity index (χ1) is 8.50. The molecule has 0 aliphatic carbocycles. The van der Waals surface area contributed by atoms with Gasteiger partial charge in [-0.15, -0.1) is 0 Å². The third kappa shape index (κ3) is 2.14. The van der Waals surface area contributed by atoms with E-state index in [2.05, 4.69) is 31.1 Å². The molecule has 18 heavy (non-hydrogen) atoms. The molecule has 0 amide bonds. The Labute approximate surface area is 107 Å². The van der Waals surface area contributed by atoms with Crippen LogP contribution >= 0.6 is 0 Å². The number of aromatic nitrogens is 2. The van der Waals surface area contributed by atoms with Crippen LogP contribution in [0.15, 0.2) is 30.5 Å². The van der Waals surface area contributed by atoms with Gasteiger partial charge in [0.25, 0.3) is 0 Å². The molecular formula is C14H18N4. The Hall–Kier alpha value is -2.10. The SMILES string of the molecule is Cc1c(C(=N)N)cnn1-c1ccc(C(C)C)cc1. The maximum atomic E-state index is 7.47. The Bertz CT molecular complexity index is 564. The van der Waals surface area contributed by atoms with Gasteiger partial charge in [-0.05, 0) is 30.5 Å². The molecule has 0 spiro atoms. The molecule has 1 heterocycles. The predicted molar refractivity (Wildman–Crippen MR) is 73.4 cm³/mol.